The van der Waals surface area contributed by atoms with Gasteiger partial charge in [-0.25, -0.2) is 18.1 Å². The van der Waals surface area contributed by atoms with E-state index in [4.69, 9.17) is 11.6 Å². The predicted molar refractivity (Wildman–Crippen MR) is 114 cm³/mol. The van der Waals surface area contributed by atoms with Crippen molar-refractivity contribution in [3.8, 4) is 0 Å². The lowest BCUT2D eigenvalue weighted by atomic mass is 9.96. The van der Waals surface area contributed by atoms with Gasteiger partial charge in [0, 0.05) is 31.4 Å². The molecule has 1 unspecified atom stereocenters. The first kappa shape index (κ1) is 22.2. The number of halogens is 1. The van der Waals surface area contributed by atoms with Crippen molar-refractivity contribution in [3.63, 3.8) is 0 Å². The molecule has 10 heteroatoms. The molecule has 1 atom stereocenters. The highest BCUT2D eigenvalue weighted by atomic mass is 35.5. The third-order valence-corrected chi connectivity index (χ3v) is 6.59. The number of aromatic nitrogens is 1. The van der Waals surface area contributed by atoms with E-state index < -0.39 is 10.0 Å². The second-order valence-corrected chi connectivity index (χ2v) is 9.17. The molecule has 0 saturated carbocycles. The first-order valence-corrected chi connectivity index (χ1v) is 11.5. The smallest absolute Gasteiger partial charge is 0.253 e. The Labute approximate surface area is 180 Å². The van der Waals surface area contributed by atoms with Crippen molar-refractivity contribution in [1.29, 1.82) is 0 Å². The molecule has 0 bridgehead atoms. The van der Waals surface area contributed by atoms with E-state index in [1.165, 1.54) is 30.5 Å². The van der Waals surface area contributed by atoms with Crippen molar-refractivity contribution >= 4 is 39.3 Å². The maximum Gasteiger partial charge on any atom is 0.253 e. The van der Waals surface area contributed by atoms with Gasteiger partial charge in [0.2, 0.25) is 15.9 Å². The molecule has 3 rings (SSSR count). The standard InChI is InChI=1S/C20H23ClN4O4S/c1-2-23-30(28,29)17-8-5-14(6-9-17)20(27)25-11-3-4-15(13-25)19(26)24-18-10-7-16(21)12-22-18/h5-10,12,15,23H,2-4,11,13H2,1H3,(H,22,24,26). The van der Waals surface area contributed by atoms with Crippen molar-refractivity contribution in [2.45, 2.75) is 24.7 Å². The highest BCUT2D eigenvalue weighted by Crippen LogP contribution is 2.21. The summed E-state index contributed by atoms with van der Waals surface area (Å²) in [5.41, 5.74) is 0.380. The van der Waals surface area contributed by atoms with Crippen molar-refractivity contribution in [1.82, 2.24) is 14.6 Å². The molecule has 1 aliphatic heterocycles. The van der Waals surface area contributed by atoms with Crippen molar-refractivity contribution < 1.29 is 18.0 Å². The highest BCUT2D eigenvalue weighted by Gasteiger charge is 2.29. The molecule has 1 aromatic carbocycles. The van der Waals surface area contributed by atoms with Gasteiger partial charge < -0.3 is 10.2 Å². The Hall–Kier alpha value is -2.49. The van der Waals surface area contributed by atoms with E-state index in [0.717, 1.165) is 0 Å². The Morgan fingerprint density at radius 2 is 1.93 bits per heavy atom. The lowest BCUT2D eigenvalue weighted by molar-refractivity contribution is -0.121. The van der Waals surface area contributed by atoms with Gasteiger partial charge in [0.25, 0.3) is 5.91 Å². The predicted octanol–water partition coefficient (Wildman–Crippen LogP) is 2.52. The Balaban J connectivity index is 1.65. The molecule has 2 heterocycles. The van der Waals surface area contributed by atoms with Gasteiger partial charge in [-0.3, -0.25) is 9.59 Å². The van der Waals surface area contributed by atoms with E-state index in [-0.39, 0.29) is 35.7 Å². The second-order valence-electron chi connectivity index (χ2n) is 6.97. The number of rotatable bonds is 6. The van der Waals surface area contributed by atoms with Crippen LogP contribution in [0.1, 0.15) is 30.1 Å². The van der Waals surface area contributed by atoms with Crippen LogP contribution in [0, 0.1) is 5.92 Å². The van der Waals surface area contributed by atoms with E-state index in [1.54, 1.807) is 24.0 Å². The minimum Gasteiger partial charge on any atom is -0.338 e. The Morgan fingerprint density at radius 1 is 1.20 bits per heavy atom. The molecule has 2 aromatic rings. The second kappa shape index (κ2) is 9.55. The largest absolute Gasteiger partial charge is 0.338 e. The third kappa shape index (κ3) is 5.35. The van der Waals surface area contributed by atoms with Gasteiger partial charge in [0.1, 0.15) is 5.82 Å². The van der Waals surface area contributed by atoms with Gasteiger partial charge in [-0.05, 0) is 49.2 Å². The number of piperidine rings is 1. The number of likely N-dealkylation sites (tertiary alicyclic amines) is 1. The molecule has 1 fully saturated rings. The normalized spacial score (nSPS) is 16.9. The summed E-state index contributed by atoms with van der Waals surface area (Å²) >= 11 is 5.80. The summed E-state index contributed by atoms with van der Waals surface area (Å²) in [7, 11) is -3.57. The number of pyridine rings is 1. The third-order valence-electron chi connectivity index (χ3n) is 4.80. The minimum atomic E-state index is -3.57. The maximum atomic E-state index is 12.9. The molecular weight excluding hydrogens is 428 g/mol. The summed E-state index contributed by atoms with van der Waals surface area (Å²) in [6.07, 6.45) is 2.82. The lowest BCUT2D eigenvalue weighted by Crippen LogP contribution is -2.43. The van der Waals surface area contributed by atoms with Gasteiger partial charge in [-0.15, -0.1) is 0 Å². The summed E-state index contributed by atoms with van der Waals surface area (Å²) in [4.78, 5) is 31.2. The highest BCUT2D eigenvalue weighted by molar-refractivity contribution is 7.89. The molecular formula is C20H23ClN4O4S. The number of anilines is 1. The lowest BCUT2D eigenvalue weighted by Gasteiger charge is -2.32. The number of nitrogens with one attached hydrogen (secondary N) is 2. The number of amides is 2. The number of nitrogens with zero attached hydrogens (tertiary/aromatic N) is 2. The average molecular weight is 451 g/mol. The van der Waals surface area contributed by atoms with Gasteiger partial charge >= 0.3 is 0 Å². The van der Waals surface area contributed by atoms with Gasteiger partial charge in [0.15, 0.2) is 0 Å². The maximum absolute atomic E-state index is 12.9. The van der Waals surface area contributed by atoms with Crippen molar-refractivity contribution in [2.75, 3.05) is 25.0 Å². The van der Waals surface area contributed by atoms with E-state index in [0.29, 0.717) is 35.8 Å². The molecule has 8 nitrogen and oxygen atoms in total. The van der Waals surface area contributed by atoms with Crippen LogP contribution in [0.4, 0.5) is 5.82 Å². The minimum absolute atomic E-state index is 0.104. The first-order valence-electron chi connectivity index (χ1n) is 9.61. The van der Waals surface area contributed by atoms with Crippen LogP contribution in [0.2, 0.25) is 5.02 Å². The Bertz CT molecular complexity index is 1010. The van der Waals surface area contributed by atoms with Crippen LogP contribution in [0.3, 0.4) is 0 Å². The van der Waals surface area contributed by atoms with Crippen molar-refractivity contribution in [2.24, 2.45) is 5.92 Å². The fraction of sp³-hybridized carbons (Fsp3) is 0.350. The monoisotopic (exact) mass is 450 g/mol. The summed E-state index contributed by atoms with van der Waals surface area (Å²) in [6.45, 7) is 2.81. The molecule has 0 spiro atoms. The zero-order chi connectivity index (χ0) is 21.7. The summed E-state index contributed by atoms with van der Waals surface area (Å²) in [5, 5.41) is 3.23. The zero-order valence-corrected chi connectivity index (χ0v) is 18.0. The van der Waals surface area contributed by atoms with Crippen LogP contribution in [-0.2, 0) is 14.8 Å². The van der Waals surface area contributed by atoms with E-state index in [2.05, 4.69) is 15.0 Å². The number of hydrogen-bond acceptors (Lipinski definition) is 5. The van der Waals surface area contributed by atoms with E-state index in [9.17, 15) is 18.0 Å². The molecule has 160 valence electrons. The fourth-order valence-electron chi connectivity index (χ4n) is 3.29. The van der Waals surface area contributed by atoms with Crippen LogP contribution in [0.5, 0.6) is 0 Å². The summed E-state index contributed by atoms with van der Waals surface area (Å²) in [5.74, 6) is -0.377. The number of benzene rings is 1. The molecule has 30 heavy (non-hydrogen) atoms. The van der Waals surface area contributed by atoms with Crippen LogP contribution < -0.4 is 10.0 Å². The number of carbonyl (C=O) groups is 2. The van der Waals surface area contributed by atoms with E-state index >= 15 is 0 Å². The zero-order valence-electron chi connectivity index (χ0n) is 16.5. The number of hydrogen-bond donors (Lipinski definition) is 2. The van der Waals surface area contributed by atoms with Crippen LogP contribution >= 0.6 is 11.6 Å². The SMILES string of the molecule is CCNS(=O)(=O)c1ccc(C(=O)N2CCCC(C(=O)Nc3ccc(Cl)cn3)C2)cc1. The van der Waals surface area contributed by atoms with Gasteiger partial charge in [-0.2, -0.15) is 0 Å². The van der Waals surface area contributed by atoms with Gasteiger partial charge in [-0.1, -0.05) is 18.5 Å². The number of carbonyl (C=O) groups excluding carboxylic acids is 2. The Morgan fingerprint density at radius 3 is 2.57 bits per heavy atom. The topological polar surface area (TPSA) is 108 Å². The molecule has 2 N–H and O–H groups in total. The molecule has 1 saturated heterocycles. The molecule has 0 radical (unpaired) electrons. The molecule has 1 aromatic heterocycles. The average Bonchev–Trinajstić information content (AvgIpc) is 2.75. The van der Waals surface area contributed by atoms with Crippen molar-refractivity contribution in [3.05, 3.63) is 53.2 Å². The summed E-state index contributed by atoms with van der Waals surface area (Å²) < 4.78 is 26.5. The summed E-state index contributed by atoms with van der Waals surface area (Å²) in [6, 6.07) is 9.06. The fourth-order valence-corrected chi connectivity index (χ4v) is 4.44. The molecule has 0 aliphatic carbocycles. The number of sulfonamides is 1. The molecule has 1 aliphatic rings. The van der Waals surface area contributed by atoms with Crippen LogP contribution in [-0.4, -0.2) is 49.8 Å². The Kier molecular flexibility index (Phi) is 7.06. The van der Waals surface area contributed by atoms with Crippen LogP contribution in [0.15, 0.2) is 47.5 Å². The quantitative estimate of drug-likeness (QED) is 0.702. The first-order chi connectivity index (χ1) is 14.3. The molecule has 2 amide bonds. The van der Waals surface area contributed by atoms with Crippen LogP contribution in [0.25, 0.3) is 0 Å². The van der Waals surface area contributed by atoms with E-state index in [1.807, 2.05) is 0 Å². The van der Waals surface area contributed by atoms with Gasteiger partial charge in [0.05, 0.1) is 15.8 Å².